The molecule has 0 saturated heterocycles. The van der Waals surface area contributed by atoms with Crippen LogP contribution in [-0.2, 0) is 6.54 Å². The standard InChI is InChI=1S/C14H15N5O/c1-7-3-9(20-2)4-8-5-10-13(16)17-11(6-15)18-14(10)19-12(7)8/h3-5H,6,15H2,1-2H3,(H2,16,17,18,19). The molecule has 102 valence electrons. The molecular weight excluding hydrogens is 254 g/mol. The molecule has 0 amide bonds. The van der Waals surface area contributed by atoms with Gasteiger partial charge in [0.15, 0.2) is 5.65 Å². The molecule has 20 heavy (non-hydrogen) atoms. The summed E-state index contributed by atoms with van der Waals surface area (Å²) in [6, 6.07) is 5.80. The van der Waals surface area contributed by atoms with E-state index in [1.165, 1.54) is 0 Å². The molecule has 4 N–H and O–H groups in total. The Morgan fingerprint density at radius 3 is 2.65 bits per heavy atom. The minimum absolute atomic E-state index is 0.238. The maximum Gasteiger partial charge on any atom is 0.165 e. The smallest absolute Gasteiger partial charge is 0.165 e. The van der Waals surface area contributed by atoms with Crippen LogP contribution < -0.4 is 16.2 Å². The van der Waals surface area contributed by atoms with Crippen molar-refractivity contribution < 1.29 is 4.74 Å². The molecular formula is C14H15N5O. The molecule has 0 bridgehead atoms. The van der Waals surface area contributed by atoms with E-state index in [2.05, 4.69) is 15.0 Å². The van der Waals surface area contributed by atoms with Crippen molar-refractivity contribution in [2.24, 2.45) is 5.73 Å². The third kappa shape index (κ3) is 1.90. The van der Waals surface area contributed by atoms with Crippen molar-refractivity contribution in [1.29, 1.82) is 0 Å². The third-order valence-electron chi connectivity index (χ3n) is 3.24. The van der Waals surface area contributed by atoms with Gasteiger partial charge in [0.1, 0.15) is 17.4 Å². The topological polar surface area (TPSA) is 99.9 Å². The van der Waals surface area contributed by atoms with Gasteiger partial charge in [0.2, 0.25) is 0 Å². The SMILES string of the molecule is COc1cc(C)c2nc3nc(CN)nc(N)c3cc2c1. The van der Waals surface area contributed by atoms with Crippen LogP contribution in [0.15, 0.2) is 18.2 Å². The molecule has 0 aliphatic heterocycles. The van der Waals surface area contributed by atoms with Gasteiger partial charge < -0.3 is 16.2 Å². The third-order valence-corrected chi connectivity index (χ3v) is 3.24. The van der Waals surface area contributed by atoms with Crippen LogP contribution in [-0.4, -0.2) is 22.1 Å². The number of aryl methyl sites for hydroxylation is 1. The molecule has 0 aliphatic rings. The van der Waals surface area contributed by atoms with Gasteiger partial charge in [-0.25, -0.2) is 15.0 Å². The van der Waals surface area contributed by atoms with Gasteiger partial charge in [-0.2, -0.15) is 0 Å². The Bertz CT molecular complexity index is 746. The van der Waals surface area contributed by atoms with Crippen molar-refractivity contribution in [2.45, 2.75) is 13.5 Å². The first-order chi connectivity index (χ1) is 9.62. The Balaban J connectivity index is 2.40. The van der Waals surface area contributed by atoms with Crippen LogP contribution in [0.4, 0.5) is 5.82 Å². The molecule has 0 aliphatic carbocycles. The van der Waals surface area contributed by atoms with Crippen LogP contribution in [0.1, 0.15) is 11.4 Å². The Hall–Kier alpha value is -2.47. The van der Waals surface area contributed by atoms with Crippen molar-refractivity contribution in [3.8, 4) is 5.75 Å². The minimum atomic E-state index is 0.238. The van der Waals surface area contributed by atoms with Crippen molar-refractivity contribution in [3.05, 3.63) is 29.6 Å². The van der Waals surface area contributed by atoms with E-state index in [-0.39, 0.29) is 6.54 Å². The summed E-state index contributed by atoms with van der Waals surface area (Å²) < 4.78 is 5.28. The van der Waals surface area contributed by atoms with Crippen LogP contribution in [0.25, 0.3) is 21.9 Å². The van der Waals surface area contributed by atoms with Gasteiger partial charge in [-0.1, -0.05) is 0 Å². The van der Waals surface area contributed by atoms with Crippen LogP contribution in [0.2, 0.25) is 0 Å². The summed E-state index contributed by atoms with van der Waals surface area (Å²) in [6.07, 6.45) is 0. The molecule has 3 rings (SSSR count). The summed E-state index contributed by atoms with van der Waals surface area (Å²) in [5, 5.41) is 1.67. The minimum Gasteiger partial charge on any atom is -0.497 e. The summed E-state index contributed by atoms with van der Waals surface area (Å²) in [5.41, 5.74) is 14.0. The van der Waals surface area contributed by atoms with Gasteiger partial charge in [-0.3, -0.25) is 0 Å². The first-order valence-corrected chi connectivity index (χ1v) is 6.24. The van der Waals surface area contributed by atoms with Gasteiger partial charge in [0.05, 0.1) is 24.6 Å². The molecule has 0 fully saturated rings. The van der Waals surface area contributed by atoms with Crippen molar-refractivity contribution in [1.82, 2.24) is 15.0 Å². The predicted octanol–water partition coefficient (Wildman–Crippen LogP) is 1.54. The fourth-order valence-corrected chi connectivity index (χ4v) is 2.25. The van der Waals surface area contributed by atoms with Crippen molar-refractivity contribution >= 4 is 27.8 Å². The lowest BCUT2D eigenvalue weighted by Crippen LogP contribution is -2.07. The molecule has 0 saturated carbocycles. The quantitative estimate of drug-likeness (QED) is 0.684. The maximum atomic E-state index is 5.95. The number of rotatable bonds is 2. The van der Waals surface area contributed by atoms with Gasteiger partial charge in [0.25, 0.3) is 0 Å². The molecule has 0 atom stereocenters. The van der Waals surface area contributed by atoms with E-state index in [4.69, 9.17) is 16.2 Å². The van der Waals surface area contributed by atoms with Gasteiger partial charge in [-0.15, -0.1) is 0 Å². The van der Waals surface area contributed by atoms with Crippen LogP contribution in [0.3, 0.4) is 0 Å². The summed E-state index contributed by atoms with van der Waals surface area (Å²) in [7, 11) is 1.64. The van der Waals surface area contributed by atoms with Gasteiger partial charge >= 0.3 is 0 Å². The predicted molar refractivity (Wildman–Crippen MR) is 78.4 cm³/mol. The average Bonchev–Trinajstić information content (AvgIpc) is 2.45. The van der Waals surface area contributed by atoms with Gasteiger partial charge in [0, 0.05) is 5.39 Å². The lowest BCUT2D eigenvalue weighted by atomic mass is 10.1. The van der Waals surface area contributed by atoms with E-state index in [0.717, 1.165) is 27.6 Å². The highest BCUT2D eigenvalue weighted by Crippen LogP contribution is 2.27. The monoisotopic (exact) mass is 269 g/mol. The van der Waals surface area contributed by atoms with Crippen LogP contribution >= 0.6 is 0 Å². The van der Waals surface area contributed by atoms with E-state index in [9.17, 15) is 0 Å². The lowest BCUT2D eigenvalue weighted by molar-refractivity contribution is 0.415. The molecule has 0 radical (unpaired) electrons. The first kappa shape index (κ1) is 12.6. The average molecular weight is 269 g/mol. The largest absolute Gasteiger partial charge is 0.497 e. The Morgan fingerprint density at radius 2 is 1.95 bits per heavy atom. The summed E-state index contributed by atoms with van der Waals surface area (Å²) in [4.78, 5) is 13.1. The number of aromatic nitrogens is 3. The van der Waals surface area contributed by atoms with E-state index in [1.54, 1.807) is 7.11 Å². The first-order valence-electron chi connectivity index (χ1n) is 6.24. The molecule has 2 heterocycles. The number of nitrogens with zero attached hydrogens (tertiary/aromatic N) is 3. The fourth-order valence-electron chi connectivity index (χ4n) is 2.25. The Morgan fingerprint density at radius 1 is 1.15 bits per heavy atom. The molecule has 3 aromatic rings. The number of nitrogen functional groups attached to an aromatic ring is 1. The van der Waals surface area contributed by atoms with E-state index in [1.807, 2.05) is 25.1 Å². The molecule has 0 unspecified atom stereocenters. The fraction of sp³-hybridized carbons (Fsp3) is 0.214. The summed E-state index contributed by atoms with van der Waals surface area (Å²) in [5.74, 6) is 1.67. The number of anilines is 1. The van der Waals surface area contributed by atoms with Crippen LogP contribution in [0.5, 0.6) is 5.75 Å². The molecule has 1 aromatic carbocycles. The number of methoxy groups -OCH3 is 1. The number of hydrogen-bond donors (Lipinski definition) is 2. The number of ether oxygens (including phenoxy) is 1. The number of nitrogens with two attached hydrogens (primary N) is 2. The molecule has 6 heteroatoms. The second-order valence-corrected chi connectivity index (χ2v) is 4.60. The number of benzene rings is 1. The summed E-state index contributed by atoms with van der Waals surface area (Å²) in [6.45, 7) is 2.22. The van der Waals surface area contributed by atoms with E-state index >= 15 is 0 Å². The van der Waals surface area contributed by atoms with E-state index < -0.39 is 0 Å². The maximum absolute atomic E-state index is 5.95. The van der Waals surface area contributed by atoms with Crippen LogP contribution in [0, 0.1) is 6.92 Å². The highest BCUT2D eigenvalue weighted by atomic mass is 16.5. The number of hydrogen-bond acceptors (Lipinski definition) is 6. The summed E-state index contributed by atoms with van der Waals surface area (Å²) >= 11 is 0. The lowest BCUT2D eigenvalue weighted by Gasteiger charge is -2.08. The Kier molecular flexibility index (Phi) is 2.87. The molecule has 0 spiro atoms. The zero-order valence-corrected chi connectivity index (χ0v) is 11.3. The van der Waals surface area contributed by atoms with E-state index in [0.29, 0.717) is 17.3 Å². The highest BCUT2D eigenvalue weighted by molar-refractivity contribution is 5.97. The zero-order valence-electron chi connectivity index (χ0n) is 11.3. The molecule has 2 aromatic heterocycles. The second kappa shape index (κ2) is 4.57. The van der Waals surface area contributed by atoms with Crippen molar-refractivity contribution in [2.75, 3.05) is 12.8 Å². The zero-order chi connectivity index (χ0) is 14.3. The van der Waals surface area contributed by atoms with Crippen molar-refractivity contribution in [3.63, 3.8) is 0 Å². The second-order valence-electron chi connectivity index (χ2n) is 4.60. The Labute approximate surface area is 115 Å². The highest BCUT2D eigenvalue weighted by Gasteiger charge is 2.10. The normalized spacial score (nSPS) is 11.2. The van der Waals surface area contributed by atoms with Gasteiger partial charge in [-0.05, 0) is 30.7 Å². The number of pyridine rings is 1. The number of fused-ring (bicyclic) bond motifs is 2. The molecule has 6 nitrogen and oxygen atoms in total.